The van der Waals surface area contributed by atoms with Crippen molar-refractivity contribution in [2.45, 2.75) is 38.1 Å². The van der Waals surface area contributed by atoms with Gasteiger partial charge in [-0.15, -0.1) is 0 Å². The lowest BCUT2D eigenvalue weighted by atomic mass is 9.93. The maximum atomic E-state index is 12.9. The lowest BCUT2D eigenvalue weighted by molar-refractivity contribution is -0.134. The minimum Gasteiger partial charge on any atom is -0.459 e. The zero-order chi connectivity index (χ0) is 17.6. The normalized spacial score (nSPS) is 16.4. The van der Waals surface area contributed by atoms with Gasteiger partial charge in [-0.3, -0.25) is 9.59 Å². The highest BCUT2D eigenvalue weighted by atomic mass is 16.3. The summed E-state index contributed by atoms with van der Waals surface area (Å²) in [6.45, 7) is 3.39. The minimum absolute atomic E-state index is 0.0819. The van der Waals surface area contributed by atoms with Crippen LogP contribution in [0.1, 0.15) is 48.2 Å². The standard InChI is InChI=1S/C20H24N2O3/c1-2-17(15-7-4-3-5-8-15)20(24)22-12-10-16(11-13-22)21-19(23)18-9-6-14-25-18/h3-9,14,16-17H,2,10-13H2,1H3,(H,21,23)/t17-/m0/s1. The summed E-state index contributed by atoms with van der Waals surface area (Å²) in [5, 5.41) is 2.98. The fourth-order valence-corrected chi connectivity index (χ4v) is 3.37. The van der Waals surface area contributed by atoms with E-state index < -0.39 is 0 Å². The molecule has 0 spiro atoms. The second-order valence-electron chi connectivity index (χ2n) is 6.42. The number of benzene rings is 1. The van der Waals surface area contributed by atoms with Crippen molar-refractivity contribution in [3.63, 3.8) is 0 Å². The third kappa shape index (κ3) is 4.10. The molecular weight excluding hydrogens is 316 g/mol. The SMILES string of the molecule is CC[C@H](C(=O)N1CCC(NC(=O)c2ccco2)CC1)c1ccccc1. The first-order valence-corrected chi connectivity index (χ1v) is 8.87. The number of carbonyl (C=O) groups is 2. The molecule has 0 bridgehead atoms. The van der Waals surface area contributed by atoms with Crippen molar-refractivity contribution in [2.75, 3.05) is 13.1 Å². The van der Waals surface area contributed by atoms with Gasteiger partial charge in [0.1, 0.15) is 0 Å². The number of furan rings is 1. The summed E-state index contributed by atoms with van der Waals surface area (Å²) in [6.07, 6.45) is 3.81. The average molecular weight is 340 g/mol. The van der Waals surface area contributed by atoms with Crippen LogP contribution in [0.4, 0.5) is 0 Å². The molecule has 1 aromatic carbocycles. The number of rotatable bonds is 5. The summed E-state index contributed by atoms with van der Waals surface area (Å²) in [4.78, 5) is 26.8. The van der Waals surface area contributed by atoms with E-state index in [1.807, 2.05) is 42.2 Å². The van der Waals surface area contributed by atoms with Crippen LogP contribution in [0.15, 0.2) is 53.1 Å². The van der Waals surface area contributed by atoms with Crippen LogP contribution in [-0.4, -0.2) is 35.8 Å². The van der Waals surface area contributed by atoms with E-state index in [2.05, 4.69) is 5.32 Å². The highest BCUT2D eigenvalue weighted by Gasteiger charge is 2.29. The Labute approximate surface area is 148 Å². The maximum Gasteiger partial charge on any atom is 0.287 e. The van der Waals surface area contributed by atoms with E-state index in [-0.39, 0.29) is 23.8 Å². The molecule has 0 aliphatic carbocycles. The Balaban J connectivity index is 1.54. The molecule has 132 valence electrons. The molecule has 2 heterocycles. The number of carbonyl (C=O) groups excluding carboxylic acids is 2. The molecule has 5 heteroatoms. The van der Waals surface area contributed by atoms with Gasteiger partial charge in [-0.25, -0.2) is 0 Å². The highest BCUT2D eigenvalue weighted by molar-refractivity contribution is 5.91. The van der Waals surface area contributed by atoms with E-state index in [1.54, 1.807) is 12.1 Å². The van der Waals surface area contributed by atoms with E-state index in [0.29, 0.717) is 18.8 Å². The smallest absolute Gasteiger partial charge is 0.287 e. The van der Waals surface area contributed by atoms with Crippen LogP contribution in [0, 0.1) is 0 Å². The Kier molecular flexibility index (Phi) is 5.53. The molecule has 3 rings (SSSR count). The van der Waals surface area contributed by atoms with Gasteiger partial charge in [0.25, 0.3) is 5.91 Å². The van der Waals surface area contributed by atoms with E-state index in [9.17, 15) is 9.59 Å². The van der Waals surface area contributed by atoms with Crippen LogP contribution < -0.4 is 5.32 Å². The van der Waals surface area contributed by atoms with Crippen molar-refractivity contribution in [3.8, 4) is 0 Å². The fourth-order valence-electron chi connectivity index (χ4n) is 3.37. The van der Waals surface area contributed by atoms with Crippen molar-refractivity contribution in [3.05, 3.63) is 60.1 Å². The number of hydrogen-bond donors (Lipinski definition) is 1. The molecule has 1 fully saturated rings. The molecule has 1 N–H and O–H groups in total. The van der Waals surface area contributed by atoms with E-state index in [0.717, 1.165) is 24.8 Å². The monoisotopic (exact) mass is 340 g/mol. The van der Waals surface area contributed by atoms with Crippen molar-refractivity contribution >= 4 is 11.8 Å². The van der Waals surface area contributed by atoms with E-state index >= 15 is 0 Å². The van der Waals surface area contributed by atoms with Gasteiger partial charge in [0, 0.05) is 19.1 Å². The molecule has 25 heavy (non-hydrogen) atoms. The molecule has 1 aliphatic rings. The summed E-state index contributed by atoms with van der Waals surface area (Å²) >= 11 is 0. The van der Waals surface area contributed by atoms with Crippen molar-refractivity contribution in [1.82, 2.24) is 10.2 Å². The molecule has 2 aromatic rings. The third-order valence-electron chi connectivity index (χ3n) is 4.80. The molecule has 1 saturated heterocycles. The van der Waals surface area contributed by atoms with E-state index in [4.69, 9.17) is 4.42 Å². The second-order valence-corrected chi connectivity index (χ2v) is 6.42. The number of likely N-dealkylation sites (tertiary alicyclic amines) is 1. The van der Waals surface area contributed by atoms with Crippen LogP contribution in [0.25, 0.3) is 0 Å². The van der Waals surface area contributed by atoms with Gasteiger partial charge >= 0.3 is 0 Å². The molecule has 1 aromatic heterocycles. The van der Waals surface area contributed by atoms with Crippen LogP contribution in [0.3, 0.4) is 0 Å². The second kappa shape index (κ2) is 8.01. The molecular formula is C20H24N2O3. The Morgan fingerprint density at radius 1 is 1.16 bits per heavy atom. The van der Waals surface area contributed by atoms with Crippen molar-refractivity contribution in [2.24, 2.45) is 0 Å². The van der Waals surface area contributed by atoms with Gasteiger partial charge in [-0.2, -0.15) is 0 Å². The number of nitrogens with zero attached hydrogens (tertiary/aromatic N) is 1. The molecule has 0 saturated carbocycles. The van der Waals surface area contributed by atoms with Gasteiger partial charge in [-0.1, -0.05) is 37.3 Å². The van der Waals surface area contributed by atoms with Gasteiger partial charge in [0.15, 0.2) is 5.76 Å². The first-order chi connectivity index (χ1) is 12.2. The molecule has 1 atom stereocenters. The summed E-state index contributed by atoms with van der Waals surface area (Å²) in [6, 6.07) is 13.4. The predicted molar refractivity (Wildman–Crippen MR) is 95.3 cm³/mol. The predicted octanol–water partition coefficient (Wildman–Crippen LogP) is 3.19. The Morgan fingerprint density at radius 2 is 1.88 bits per heavy atom. The largest absolute Gasteiger partial charge is 0.459 e. The lowest BCUT2D eigenvalue weighted by Crippen LogP contribution is -2.47. The lowest BCUT2D eigenvalue weighted by Gasteiger charge is -2.34. The Morgan fingerprint density at radius 3 is 2.48 bits per heavy atom. The number of piperidine rings is 1. The maximum absolute atomic E-state index is 12.9. The highest BCUT2D eigenvalue weighted by Crippen LogP contribution is 2.24. The third-order valence-corrected chi connectivity index (χ3v) is 4.80. The van der Waals surface area contributed by atoms with Gasteiger partial charge in [0.2, 0.25) is 5.91 Å². The Hall–Kier alpha value is -2.56. The summed E-state index contributed by atoms with van der Waals surface area (Å²) in [7, 11) is 0. The summed E-state index contributed by atoms with van der Waals surface area (Å²) < 4.78 is 5.11. The molecule has 0 unspecified atom stereocenters. The van der Waals surface area contributed by atoms with Gasteiger partial charge in [-0.05, 0) is 37.0 Å². The fraction of sp³-hybridized carbons (Fsp3) is 0.400. The van der Waals surface area contributed by atoms with Gasteiger partial charge in [0.05, 0.1) is 12.2 Å². The molecule has 0 radical (unpaired) electrons. The quantitative estimate of drug-likeness (QED) is 0.909. The number of amides is 2. The molecule has 5 nitrogen and oxygen atoms in total. The summed E-state index contributed by atoms with van der Waals surface area (Å²) in [5.41, 5.74) is 1.07. The average Bonchev–Trinajstić information content (AvgIpc) is 3.19. The minimum atomic E-state index is -0.189. The Bertz CT molecular complexity index is 689. The zero-order valence-electron chi connectivity index (χ0n) is 14.5. The zero-order valence-corrected chi connectivity index (χ0v) is 14.5. The molecule has 1 aliphatic heterocycles. The van der Waals surface area contributed by atoms with Crippen LogP contribution in [0.5, 0.6) is 0 Å². The van der Waals surface area contributed by atoms with Crippen LogP contribution in [0.2, 0.25) is 0 Å². The van der Waals surface area contributed by atoms with Crippen LogP contribution in [-0.2, 0) is 4.79 Å². The first-order valence-electron chi connectivity index (χ1n) is 8.87. The van der Waals surface area contributed by atoms with Gasteiger partial charge < -0.3 is 14.6 Å². The van der Waals surface area contributed by atoms with Crippen molar-refractivity contribution < 1.29 is 14.0 Å². The summed E-state index contributed by atoms with van der Waals surface area (Å²) in [5.74, 6) is 0.235. The van der Waals surface area contributed by atoms with Crippen molar-refractivity contribution in [1.29, 1.82) is 0 Å². The molecule has 2 amide bonds. The van der Waals surface area contributed by atoms with E-state index in [1.165, 1.54) is 6.26 Å². The first kappa shape index (κ1) is 17.3. The number of hydrogen-bond acceptors (Lipinski definition) is 3. The topological polar surface area (TPSA) is 62.6 Å². The van der Waals surface area contributed by atoms with Crippen LogP contribution >= 0.6 is 0 Å². The number of nitrogens with one attached hydrogen (secondary N) is 1.